The average Bonchev–Trinajstić information content (AvgIpc) is 2.60. The Kier molecular flexibility index (Phi) is 6.10. The normalized spacial score (nSPS) is 18.7. The highest BCUT2D eigenvalue weighted by Gasteiger charge is 2.39. The highest BCUT2D eigenvalue weighted by atomic mass is 35.5. The topological polar surface area (TPSA) is 68.8 Å². The van der Waals surface area contributed by atoms with Gasteiger partial charge in [-0.05, 0) is 43.6 Å². The number of carbonyl (C=O) groups excluding carboxylic acids is 1. The van der Waals surface area contributed by atoms with E-state index >= 15 is 0 Å². The number of fused-ring (bicyclic) bond motifs is 1. The molecule has 23 heavy (non-hydrogen) atoms. The quantitative estimate of drug-likeness (QED) is 0.862. The second-order valence-corrected chi connectivity index (χ2v) is 5.61. The first-order chi connectivity index (χ1) is 10.7. The summed E-state index contributed by atoms with van der Waals surface area (Å²) in [6, 6.07) is 5.74. The summed E-state index contributed by atoms with van der Waals surface area (Å²) in [4.78, 5) is 12.5. The molecule has 0 aliphatic carbocycles. The maximum Gasteiger partial charge on any atom is 0.252 e. The molecular formula is C16H23ClN2O4. The van der Waals surface area contributed by atoms with Gasteiger partial charge >= 0.3 is 0 Å². The Morgan fingerprint density at radius 1 is 1.26 bits per heavy atom. The van der Waals surface area contributed by atoms with Gasteiger partial charge in [-0.15, -0.1) is 12.4 Å². The Bertz CT molecular complexity index is 547. The van der Waals surface area contributed by atoms with E-state index in [4.69, 9.17) is 14.2 Å². The third-order valence-electron chi connectivity index (χ3n) is 4.28. The summed E-state index contributed by atoms with van der Waals surface area (Å²) in [7, 11) is 1.61. The standard InChI is InChI=1S/C16H22N2O4.ClH/c1-20-16(4-6-17-7-5-16)15(19)18-11-12-2-3-13-14(10-12)22-9-8-21-13;/h2-3,10,17H,4-9,11H2,1H3,(H,18,19);1H. The third-order valence-corrected chi connectivity index (χ3v) is 4.28. The van der Waals surface area contributed by atoms with E-state index in [1.54, 1.807) is 7.11 Å². The Balaban J connectivity index is 0.00000192. The molecule has 0 saturated carbocycles. The van der Waals surface area contributed by atoms with Crippen molar-refractivity contribution in [2.75, 3.05) is 33.4 Å². The zero-order valence-corrected chi connectivity index (χ0v) is 14.0. The van der Waals surface area contributed by atoms with E-state index in [1.807, 2.05) is 18.2 Å². The predicted molar refractivity (Wildman–Crippen MR) is 88.4 cm³/mol. The fraction of sp³-hybridized carbons (Fsp3) is 0.562. The van der Waals surface area contributed by atoms with Crippen molar-refractivity contribution in [2.45, 2.75) is 25.0 Å². The molecule has 2 N–H and O–H groups in total. The number of piperidine rings is 1. The maximum atomic E-state index is 12.5. The van der Waals surface area contributed by atoms with Crippen LogP contribution < -0.4 is 20.1 Å². The van der Waals surface area contributed by atoms with Crippen LogP contribution in [-0.4, -0.2) is 44.9 Å². The summed E-state index contributed by atoms with van der Waals surface area (Å²) in [5, 5.41) is 6.23. The van der Waals surface area contributed by atoms with Gasteiger partial charge in [0.25, 0.3) is 5.91 Å². The molecule has 1 amide bonds. The molecule has 1 aromatic carbocycles. The highest BCUT2D eigenvalue weighted by Crippen LogP contribution is 2.30. The van der Waals surface area contributed by atoms with Crippen LogP contribution in [0.1, 0.15) is 18.4 Å². The van der Waals surface area contributed by atoms with Crippen molar-refractivity contribution < 1.29 is 19.0 Å². The van der Waals surface area contributed by atoms with Crippen LogP contribution in [0.4, 0.5) is 0 Å². The summed E-state index contributed by atoms with van der Waals surface area (Å²) in [5.74, 6) is 1.45. The molecule has 1 aromatic rings. The number of hydrogen-bond donors (Lipinski definition) is 2. The molecule has 0 radical (unpaired) electrons. The molecule has 2 aliphatic rings. The largest absolute Gasteiger partial charge is 0.486 e. The highest BCUT2D eigenvalue weighted by molar-refractivity contribution is 5.85. The van der Waals surface area contributed by atoms with Crippen LogP contribution in [0.15, 0.2) is 18.2 Å². The lowest BCUT2D eigenvalue weighted by atomic mass is 9.91. The summed E-state index contributed by atoms with van der Waals surface area (Å²) >= 11 is 0. The summed E-state index contributed by atoms with van der Waals surface area (Å²) in [6.45, 7) is 3.18. The van der Waals surface area contributed by atoms with E-state index in [9.17, 15) is 4.79 Å². The molecule has 0 spiro atoms. The van der Waals surface area contributed by atoms with Crippen LogP contribution in [0, 0.1) is 0 Å². The van der Waals surface area contributed by atoms with Gasteiger partial charge in [-0.2, -0.15) is 0 Å². The Hall–Kier alpha value is -1.50. The molecule has 0 unspecified atom stereocenters. The first-order valence-electron chi connectivity index (χ1n) is 7.66. The van der Waals surface area contributed by atoms with Gasteiger partial charge in [0.1, 0.15) is 18.8 Å². The lowest BCUT2D eigenvalue weighted by Crippen LogP contribution is -2.53. The molecule has 0 bridgehead atoms. The van der Waals surface area contributed by atoms with E-state index < -0.39 is 5.60 Å². The Labute approximate surface area is 142 Å². The lowest BCUT2D eigenvalue weighted by molar-refractivity contribution is -0.146. The summed E-state index contributed by atoms with van der Waals surface area (Å²) in [5.41, 5.74) is 0.275. The van der Waals surface area contributed by atoms with Crippen molar-refractivity contribution in [3.63, 3.8) is 0 Å². The molecule has 6 nitrogen and oxygen atoms in total. The van der Waals surface area contributed by atoms with E-state index in [2.05, 4.69) is 10.6 Å². The van der Waals surface area contributed by atoms with Crippen molar-refractivity contribution in [1.29, 1.82) is 0 Å². The van der Waals surface area contributed by atoms with Crippen molar-refractivity contribution in [3.8, 4) is 11.5 Å². The molecule has 3 rings (SSSR count). The summed E-state index contributed by atoms with van der Waals surface area (Å²) in [6.07, 6.45) is 1.38. The number of methoxy groups -OCH3 is 1. The van der Waals surface area contributed by atoms with E-state index in [-0.39, 0.29) is 18.3 Å². The van der Waals surface area contributed by atoms with Crippen LogP contribution >= 0.6 is 12.4 Å². The van der Waals surface area contributed by atoms with Gasteiger partial charge in [-0.25, -0.2) is 0 Å². The van der Waals surface area contributed by atoms with Crippen molar-refractivity contribution >= 4 is 18.3 Å². The van der Waals surface area contributed by atoms with Crippen LogP contribution in [-0.2, 0) is 16.1 Å². The van der Waals surface area contributed by atoms with Gasteiger partial charge in [-0.3, -0.25) is 4.79 Å². The van der Waals surface area contributed by atoms with Gasteiger partial charge in [0.15, 0.2) is 11.5 Å². The second-order valence-electron chi connectivity index (χ2n) is 5.61. The lowest BCUT2D eigenvalue weighted by Gasteiger charge is -2.34. The molecule has 2 heterocycles. The zero-order valence-electron chi connectivity index (χ0n) is 13.2. The van der Waals surface area contributed by atoms with E-state index in [1.165, 1.54) is 0 Å². The number of halogens is 1. The number of rotatable bonds is 4. The van der Waals surface area contributed by atoms with Gasteiger partial charge in [0, 0.05) is 13.7 Å². The van der Waals surface area contributed by atoms with Crippen molar-refractivity contribution in [3.05, 3.63) is 23.8 Å². The SMILES string of the molecule is COC1(C(=O)NCc2ccc3c(c2)OCCO3)CCNCC1.Cl. The number of carbonyl (C=O) groups is 1. The molecule has 0 aromatic heterocycles. The Morgan fingerprint density at radius 2 is 1.96 bits per heavy atom. The number of hydrogen-bond acceptors (Lipinski definition) is 5. The van der Waals surface area contributed by atoms with Gasteiger partial charge in [0.05, 0.1) is 0 Å². The first-order valence-corrected chi connectivity index (χ1v) is 7.66. The van der Waals surface area contributed by atoms with Crippen molar-refractivity contribution in [2.24, 2.45) is 0 Å². The third kappa shape index (κ3) is 3.88. The van der Waals surface area contributed by atoms with E-state index in [0.717, 1.165) is 30.2 Å². The molecule has 1 fully saturated rings. The zero-order chi connectivity index (χ0) is 15.4. The minimum Gasteiger partial charge on any atom is -0.486 e. The number of ether oxygens (including phenoxy) is 3. The maximum absolute atomic E-state index is 12.5. The second kappa shape index (κ2) is 7.86. The molecular weight excluding hydrogens is 320 g/mol. The molecule has 0 atom stereocenters. The molecule has 128 valence electrons. The molecule has 2 aliphatic heterocycles. The molecule has 1 saturated heterocycles. The van der Waals surface area contributed by atoms with Crippen molar-refractivity contribution in [1.82, 2.24) is 10.6 Å². The summed E-state index contributed by atoms with van der Waals surface area (Å²) < 4.78 is 16.6. The fourth-order valence-electron chi connectivity index (χ4n) is 2.90. The van der Waals surface area contributed by atoms with Crippen LogP contribution in [0.5, 0.6) is 11.5 Å². The minimum atomic E-state index is -0.709. The monoisotopic (exact) mass is 342 g/mol. The van der Waals surface area contributed by atoms with Gasteiger partial charge in [0.2, 0.25) is 0 Å². The number of amides is 1. The van der Waals surface area contributed by atoms with Gasteiger partial charge in [-0.1, -0.05) is 6.07 Å². The fourth-order valence-corrected chi connectivity index (χ4v) is 2.90. The first kappa shape index (κ1) is 17.8. The number of nitrogens with one attached hydrogen (secondary N) is 2. The Morgan fingerprint density at radius 3 is 2.65 bits per heavy atom. The van der Waals surface area contributed by atoms with Crippen LogP contribution in [0.3, 0.4) is 0 Å². The number of benzene rings is 1. The van der Waals surface area contributed by atoms with Gasteiger partial charge < -0.3 is 24.8 Å². The molecule has 7 heteroatoms. The van der Waals surface area contributed by atoms with E-state index in [0.29, 0.717) is 32.6 Å². The smallest absolute Gasteiger partial charge is 0.252 e. The predicted octanol–water partition coefficient (Wildman–Crippen LogP) is 1.26. The minimum absolute atomic E-state index is 0. The van der Waals surface area contributed by atoms with Crippen LogP contribution in [0.25, 0.3) is 0 Å². The average molecular weight is 343 g/mol. The van der Waals surface area contributed by atoms with Crippen LogP contribution in [0.2, 0.25) is 0 Å².